The first-order valence-electron chi connectivity index (χ1n) is 5.21. The zero-order valence-corrected chi connectivity index (χ0v) is 8.79. The van der Waals surface area contributed by atoms with Crippen molar-refractivity contribution in [3.63, 3.8) is 0 Å². The third kappa shape index (κ3) is 1.94. The molecule has 0 spiro atoms. The van der Waals surface area contributed by atoms with Gasteiger partial charge in [0.05, 0.1) is 5.56 Å². The second kappa shape index (κ2) is 3.89. The van der Waals surface area contributed by atoms with Gasteiger partial charge in [-0.1, -0.05) is 17.7 Å². The normalized spacial score (nSPS) is 15.8. The molecule has 1 aromatic rings. The Labute approximate surface area is 89.2 Å². The van der Waals surface area contributed by atoms with Crippen molar-refractivity contribution in [3.8, 4) is 0 Å². The molecule has 1 aromatic carbocycles. The summed E-state index contributed by atoms with van der Waals surface area (Å²) in [6.45, 7) is 2.13. The summed E-state index contributed by atoms with van der Waals surface area (Å²) < 4.78 is 0. The fourth-order valence-electron chi connectivity index (χ4n) is 2.13. The maximum absolute atomic E-state index is 10.8. The van der Waals surface area contributed by atoms with Gasteiger partial charge in [0.1, 0.15) is 0 Å². The molecule has 1 N–H and O–H groups in total. The highest BCUT2D eigenvalue weighted by molar-refractivity contribution is 5.89. The van der Waals surface area contributed by atoms with E-state index >= 15 is 0 Å². The molecular weight excluding hydrogens is 188 g/mol. The van der Waals surface area contributed by atoms with Crippen LogP contribution in [0.2, 0.25) is 0 Å². The first-order valence-corrected chi connectivity index (χ1v) is 5.21. The maximum atomic E-state index is 10.8. The standard InChI is InChI=1S/C13H14O2/c1-9-4-2-7-12(9)10-5-3-6-11(8-10)13(14)15/h3,5-6,8H,2,4,7H2,1H3,(H,14,15). The number of carboxylic acid groups (broad SMARTS) is 1. The lowest BCUT2D eigenvalue weighted by molar-refractivity contribution is 0.0697. The first-order chi connectivity index (χ1) is 7.18. The van der Waals surface area contributed by atoms with Crippen molar-refractivity contribution in [2.45, 2.75) is 26.2 Å². The van der Waals surface area contributed by atoms with E-state index < -0.39 is 5.97 Å². The Balaban J connectivity index is 2.41. The van der Waals surface area contributed by atoms with Gasteiger partial charge in [-0.15, -0.1) is 0 Å². The molecule has 0 bridgehead atoms. The van der Waals surface area contributed by atoms with Gasteiger partial charge in [-0.25, -0.2) is 4.79 Å². The molecule has 78 valence electrons. The van der Waals surface area contributed by atoms with E-state index in [2.05, 4.69) is 6.92 Å². The van der Waals surface area contributed by atoms with E-state index in [4.69, 9.17) is 5.11 Å². The Morgan fingerprint density at radius 1 is 1.33 bits per heavy atom. The van der Waals surface area contributed by atoms with Crippen LogP contribution in [0.4, 0.5) is 0 Å². The highest BCUT2D eigenvalue weighted by Crippen LogP contribution is 2.33. The number of hydrogen-bond donors (Lipinski definition) is 1. The Hall–Kier alpha value is -1.57. The number of aromatic carboxylic acids is 1. The molecule has 2 heteroatoms. The van der Waals surface area contributed by atoms with Gasteiger partial charge in [-0.3, -0.25) is 0 Å². The summed E-state index contributed by atoms with van der Waals surface area (Å²) >= 11 is 0. The van der Waals surface area contributed by atoms with Crippen molar-refractivity contribution in [1.82, 2.24) is 0 Å². The summed E-state index contributed by atoms with van der Waals surface area (Å²) in [6.07, 6.45) is 3.42. The number of rotatable bonds is 2. The molecule has 15 heavy (non-hydrogen) atoms. The minimum atomic E-state index is -0.854. The fraction of sp³-hybridized carbons (Fsp3) is 0.308. The van der Waals surface area contributed by atoms with E-state index in [-0.39, 0.29) is 0 Å². The zero-order valence-electron chi connectivity index (χ0n) is 8.79. The minimum absolute atomic E-state index is 0.375. The third-order valence-electron chi connectivity index (χ3n) is 2.95. The van der Waals surface area contributed by atoms with Crippen LogP contribution in [0.25, 0.3) is 5.57 Å². The summed E-state index contributed by atoms with van der Waals surface area (Å²) in [4.78, 5) is 10.8. The van der Waals surface area contributed by atoms with Gasteiger partial charge in [-0.2, -0.15) is 0 Å². The van der Waals surface area contributed by atoms with E-state index in [0.717, 1.165) is 18.4 Å². The van der Waals surface area contributed by atoms with Crippen LogP contribution in [0.1, 0.15) is 42.1 Å². The summed E-state index contributed by atoms with van der Waals surface area (Å²) in [5, 5.41) is 8.90. The van der Waals surface area contributed by atoms with Gasteiger partial charge < -0.3 is 5.11 Å². The van der Waals surface area contributed by atoms with E-state index in [9.17, 15) is 4.79 Å². The summed E-state index contributed by atoms with van der Waals surface area (Å²) in [5.41, 5.74) is 4.18. The molecule has 2 rings (SSSR count). The average Bonchev–Trinajstić information content (AvgIpc) is 2.64. The SMILES string of the molecule is CC1=C(c2cccc(C(=O)O)c2)CCC1. The van der Waals surface area contributed by atoms with Gasteiger partial charge in [0.2, 0.25) is 0 Å². The van der Waals surface area contributed by atoms with Crippen molar-refractivity contribution in [1.29, 1.82) is 0 Å². The molecule has 1 aliphatic carbocycles. The Bertz CT molecular complexity index is 430. The number of benzene rings is 1. The van der Waals surface area contributed by atoms with E-state index in [0.29, 0.717) is 5.56 Å². The van der Waals surface area contributed by atoms with Crippen molar-refractivity contribution in [3.05, 3.63) is 41.0 Å². The molecule has 0 amide bonds. The van der Waals surface area contributed by atoms with Crippen LogP contribution in [-0.2, 0) is 0 Å². The lowest BCUT2D eigenvalue weighted by Gasteiger charge is -2.05. The van der Waals surface area contributed by atoms with Crippen LogP contribution in [0.5, 0.6) is 0 Å². The molecule has 0 radical (unpaired) electrons. The van der Waals surface area contributed by atoms with Gasteiger partial charge >= 0.3 is 5.97 Å². The van der Waals surface area contributed by atoms with Crippen molar-refractivity contribution >= 4 is 11.5 Å². The molecule has 0 aliphatic heterocycles. The Morgan fingerprint density at radius 3 is 2.73 bits per heavy atom. The molecule has 0 fully saturated rings. The molecule has 0 unspecified atom stereocenters. The van der Waals surface area contributed by atoms with Gasteiger partial charge in [0, 0.05) is 0 Å². The second-order valence-electron chi connectivity index (χ2n) is 4.00. The number of hydrogen-bond acceptors (Lipinski definition) is 1. The van der Waals surface area contributed by atoms with Crippen LogP contribution < -0.4 is 0 Å². The molecule has 0 saturated carbocycles. The zero-order chi connectivity index (χ0) is 10.8. The summed E-state index contributed by atoms with van der Waals surface area (Å²) in [5.74, 6) is -0.854. The highest BCUT2D eigenvalue weighted by atomic mass is 16.4. The third-order valence-corrected chi connectivity index (χ3v) is 2.95. The lowest BCUT2D eigenvalue weighted by atomic mass is 10.0. The molecular formula is C13H14O2. The second-order valence-corrected chi connectivity index (χ2v) is 4.00. The van der Waals surface area contributed by atoms with Gasteiger partial charge in [-0.05, 0) is 49.5 Å². The quantitative estimate of drug-likeness (QED) is 0.798. The largest absolute Gasteiger partial charge is 0.478 e. The van der Waals surface area contributed by atoms with E-state index in [1.54, 1.807) is 12.1 Å². The molecule has 0 saturated heterocycles. The van der Waals surface area contributed by atoms with Crippen LogP contribution in [0.3, 0.4) is 0 Å². The summed E-state index contributed by atoms with van der Waals surface area (Å²) in [6, 6.07) is 7.22. The van der Waals surface area contributed by atoms with Crippen molar-refractivity contribution in [2.24, 2.45) is 0 Å². The van der Waals surface area contributed by atoms with Crippen LogP contribution >= 0.6 is 0 Å². The fourth-order valence-corrected chi connectivity index (χ4v) is 2.13. The van der Waals surface area contributed by atoms with Crippen molar-refractivity contribution in [2.75, 3.05) is 0 Å². The molecule has 1 aliphatic rings. The minimum Gasteiger partial charge on any atom is -0.478 e. The Morgan fingerprint density at radius 2 is 2.13 bits per heavy atom. The highest BCUT2D eigenvalue weighted by Gasteiger charge is 2.13. The molecule has 0 heterocycles. The number of allylic oxidation sites excluding steroid dienone is 2. The van der Waals surface area contributed by atoms with Crippen molar-refractivity contribution < 1.29 is 9.90 Å². The van der Waals surface area contributed by atoms with E-state index in [1.807, 2.05) is 12.1 Å². The number of carboxylic acids is 1. The topological polar surface area (TPSA) is 37.3 Å². The molecule has 0 aromatic heterocycles. The first kappa shape index (κ1) is 9.97. The number of carbonyl (C=O) groups is 1. The smallest absolute Gasteiger partial charge is 0.335 e. The monoisotopic (exact) mass is 202 g/mol. The van der Waals surface area contributed by atoms with Gasteiger partial charge in [0.25, 0.3) is 0 Å². The van der Waals surface area contributed by atoms with Crippen LogP contribution in [-0.4, -0.2) is 11.1 Å². The van der Waals surface area contributed by atoms with Gasteiger partial charge in [0.15, 0.2) is 0 Å². The summed E-state index contributed by atoms with van der Waals surface area (Å²) in [7, 11) is 0. The maximum Gasteiger partial charge on any atom is 0.335 e. The Kier molecular flexibility index (Phi) is 2.58. The average molecular weight is 202 g/mol. The molecule has 2 nitrogen and oxygen atoms in total. The predicted molar refractivity (Wildman–Crippen MR) is 59.8 cm³/mol. The van der Waals surface area contributed by atoms with Crippen LogP contribution in [0, 0.1) is 0 Å². The van der Waals surface area contributed by atoms with E-state index in [1.165, 1.54) is 17.6 Å². The lowest BCUT2D eigenvalue weighted by Crippen LogP contribution is -1.96. The predicted octanol–water partition coefficient (Wildman–Crippen LogP) is 3.34. The van der Waals surface area contributed by atoms with Crippen LogP contribution in [0.15, 0.2) is 29.8 Å². The molecule has 0 atom stereocenters.